The molecule has 2 heterocycles. The van der Waals surface area contributed by atoms with Crippen molar-refractivity contribution >= 4 is 52.3 Å². The summed E-state index contributed by atoms with van der Waals surface area (Å²) in [6.45, 7) is 6.83. The highest BCUT2D eigenvalue weighted by Crippen LogP contribution is 2.38. The molecule has 0 radical (unpaired) electrons. The number of aryl methyl sites for hydroxylation is 2. The van der Waals surface area contributed by atoms with Gasteiger partial charge in [-0.15, -0.1) is 0 Å². The highest BCUT2D eigenvalue weighted by molar-refractivity contribution is 14.2. The molecule has 0 amide bonds. The van der Waals surface area contributed by atoms with Crippen molar-refractivity contribution in [1.29, 1.82) is 5.26 Å². The Morgan fingerprint density at radius 3 is 2.82 bits per heavy atom. The van der Waals surface area contributed by atoms with Crippen molar-refractivity contribution in [2.24, 2.45) is 0 Å². The number of halogens is 1. The van der Waals surface area contributed by atoms with Gasteiger partial charge in [0.1, 0.15) is 11.9 Å². The minimum Gasteiger partial charge on any atom is -0.366 e. The highest BCUT2D eigenvalue weighted by Gasteiger charge is 2.24. The van der Waals surface area contributed by atoms with Crippen LogP contribution < -0.4 is 0 Å². The molecule has 2 aromatic carbocycles. The normalized spacial score (nSPS) is 12.5. The number of H-pyrrole nitrogens is 1. The first-order chi connectivity index (χ1) is 13.6. The van der Waals surface area contributed by atoms with Gasteiger partial charge in [0.05, 0.1) is 28.2 Å². The van der Waals surface area contributed by atoms with Gasteiger partial charge in [0.25, 0.3) is 0 Å². The van der Waals surface area contributed by atoms with E-state index in [9.17, 15) is 0 Å². The molecule has 1 N–H and O–H groups in total. The second-order valence-electron chi connectivity index (χ2n) is 6.70. The quantitative estimate of drug-likeness (QED) is 0.341. The summed E-state index contributed by atoms with van der Waals surface area (Å²) < 4.78 is 8.37. The summed E-state index contributed by atoms with van der Waals surface area (Å²) in [7, 11) is 1.65. The third kappa shape index (κ3) is 3.19. The Morgan fingerprint density at radius 1 is 1.29 bits per heavy atom. The van der Waals surface area contributed by atoms with Crippen LogP contribution in [0.15, 0.2) is 36.5 Å². The lowest BCUT2D eigenvalue weighted by atomic mass is 9.96. The molecule has 7 heteroatoms. The van der Waals surface area contributed by atoms with Gasteiger partial charge in [0, 0.05) is 54.1 Å². The molecule has 0 aliphatic heterocycles. The number of fused-ring (bicyclic) bond motifs is 2. The van der Waals surface area contributed by atoms with Crippen molar-refractivity contribution in [2.45, 2.75) is 26.9 Å². The van der Waals surface area contributed by atoms with E-state index in [2.05, 4.69) is 68.4 Å². The maximum absolute atomic E-state index is 9.16. The molecule has 1 atom stereocenters. The van der Waals surface area contributed by atoms with Crippen LogP contribution in [-0.2, 0) is 4.74 Å². The highest BCUT2D eigenvalue weighted by atomic mass is 127. The Hall–Kier alpha value is -2.02. The molecular weight excluding hydrogens is 483 g/mol. The van der Waals surface area contributed by atoms with E-state index in [1.807, 2.05) is 13.0 Å². The predicted octanol–water partition coefficient (Wildman–Crippen LogP) is 5.98. The maximum atomic E-state index is 9.16. The van der Waals surface area contributed by atoms with Crippen molar-refractivity contribution in [1.82, 2.24) is 13.9 Å². The first-order valence-corrected chi connectivity index (χ1v) is 12.3. The van der Waals surface area contributed by atoms with Gasteiger partial charge in [-0.1, -0.05) is 6.07 Å². The molecule has 28 heavy (non-hydrogen) atoms. The van der Waals surface area contributed by atoms with Crippen LogP contribution in [0.2, 0.25) is 0 Å². The Balaban J connectivity index is 1.94. The minimum absolute atomic E-state index is 0.305. The van der Waals surface area contributed by atoms with E-state index in [0.29, 0.717) is 12.2 Å². The topological polar surface area (TPSA) is 66.6 Å². The fourth-order valence-corrected chi connectivity index (χ4v) is 5.19. The van der Waals surface area contributed by atoms with Gasteiger partial charge in [-0.05, 0) is 56.2 Å². The fraction of sp³-hybridized carbons (Fsp3) is 0.238. The lowest BCUT2D eigenvalue weighted by molar-refractivity contribution is 0.0865. The number of aromatic nitrogens is 3. The number of nitriles is 1. The average molecular weight is 502 g/mol. The maximum Gasteiger partial charge on any atom is 0.141 e. The van der Waals surface area contributed by atoms with Crippen molar-refractivity contribution in [3.8, 4) is 6.07 Å². The number of imidazole rings is 1. The van der Waals surface area contributed by atoms with Gasteiger partial charge in [0.15, 0.2) is 0 Å². The Labute approximate surface area is 179 Å². The molecule has 0 spiro atoms. The van der Waals surface area contributed by atoms with Crippen LogP contribution in [-0.4, -0.2) is 20.5 Å². The third-order valence-electron chi connectivity index (χ3n) is 4.92. The van der Waals surface area contributed by atoms with Crippen molar-refractivity contribution < 1.29 is 4.74 Å². The second kappa shape index (κ2) is 7.78. The number of hydrogen-bond acceptors (Lipinski definition) is 4. The van der Waals surface area contributed by atoms with Gasteiger partial charge in [-0.2, -0.15) is 5.26 Å². The SMILES string of the molecule is CCOC(c1nc2cc(C#N)ccc2[nH]1)c1c(C)cc(C)c2c1ccn2SI. The van der Waals surface area contributed by atoms with E-state index in [4.69, 9.17) is 15.0 Å². The summed E-state index contributed by atoms with van der Waals surface area (Å²) >= 11 is 2.30. The summed E-state index contributed by atoms with van der Waals surface area (Å²) in [6, 6.07) is 12.0. The lowest BCUT2D eigenvalue weighted by Gasteiger charge is -2.20. The molecule has 1 unspecified atom stereocenters. The molecule has 2 aromatic heterocycles. The molecule has 5 nitrogen and oxygen atoms in total. The van der Waals surface area contributed by atoms with E-state index in [0.717, 1.165) is 22.4 Å². The molecular formula is C21H19IN4OS. The third-order valence-corrected chi connectivity index (χ3v) is 6.65. The van der Waals surface area contributed by atoms with Crippen LogP contribution >= 0.6 is 30.3 Å². The number of benzene rings is 2. The molecule has 0 saturated carbocycles. The zero-order valence-corrected chi connectivity index (χ0v) is 18.8. The van der Waals surface area contributed by atoms with Gasteiger partial charge in [-0.3, -0.25) is 3.97 Å². The van der Waals surface area contributed by atoms with E-state index in [1.54, 1.807) is 21.3 Å². The molecule has 142 valence electrons. The van der Waals surface area contributed by atoms with Crippen LogP contribution in [0.5, 0.6) is 0 Å². The van der Waals surface area contributed by atoms with E-state index in [-0.39, 0.29) is 6.10 Å². The Morgan fingerprint density at radius 2 is 2.11 bits per heavy atom. The van der Waals surface area contributed by atoms with Gasteiger partial charge >= 0.3 is 0 Å². The fourth-order valence-electron chi connectivity index (χ4n) is 3.79. The van der Waals surface area contributed by atoms with Crippen LogP contribution in [0, 0.1) is 25.2 Å². The van der Waals surface area contributed by atoms with Crippen molar-refractivity contribution in [3.05, 3.63) is 64.6 Å². The van der Waals surface area contributed by atoms with Gasteiger partial charge in [0.2, 0.25) is 0 Å². The number of aromatic amines is 1. The number of nitrogens with one attached hydrogen (secondary N) is 1. The van der Waals surface area contributed by atoms with E-state index >= 15 is 0 Å². The number of rotatable bonds is 5. The number of ether oxygens (including phenoxy) is 1. The first kappa shape index (κ1) is 19.3. The number of nitrogens with zero attached hydrogens (tertiary/aromatic N) is 3. The van der Waals surface area contributed by atoms with Crippen LogP contribution in [0.1, 0.15) is 41.1 Å². The van der Waals surface area contributed by atoms with Crippen LogP contribution in [0.4, 0.5) is 0 Å². The molecule has 0 aliphatic carbocycles. The molecule has 0 fully saturated rings. The molecule has 4 rings (SSSR count). The number of hydrogen-bond donors (Lipinski definition) is 1. The summed E-state index contributed by atoms with van der Waals surface area (Å²) in [6.07, 6.45) is 1.79. The summed E-state index contributed by atoms with van der Waals surface area (Å²) in [5.74, 6) is 0.759. The Kier molecular flexibility index (Phi) is 5.36. The first-order valence-electron chi connectivity index (χ1n) is 8.99. The zero-order chi connectivity index (χ0) is 19.8. The zero-order valence-electron chi connectivity index (χ0n) is 15.8. The molecule has 4 aromatic rings. The largest absolute Gasteiger partial charge is 0.366 e. The Bertz CT molecular complexity index is 1220. The summed E-state index contributed by atoms with van der Waals surface area (Å²) in [4.78, 5) is 8.17. The molecule has 0 aliphatic rings. The van der Waals surface area contributed by atoms with Gasteiger partial charge in [-0.25, -0.2) is 4.98 Å². The van der Waals surface area contributed by atoms with Crippen LogP contribution in [0.3, 0.4) is 0 Å². The summed E-state index contributed by atoms with van der Waals surface area (Å²) in [5, 5.41) is 10.3. The second-order valence-corrected chi connectivity index (χ2v) is 8.41. The molecule has 0 bridgehead atoms. The lowest BCUT2D eigenvalue weighted by Crippen LogP contribution is -2.10. The van der Waals surface area contributed by atoms with E-state index < -0.39 is 0 Å². The predicted molar refractivity (Wildman–Crippen MR) is 123 cm³/mol. The van der Waals surface area contributed by atoms with E-state index in [1.165, 1.54) is 22.0 Å². The van der Waals surface area contributed by atoms with Crippen molar-refractivity contribution in [3.63, 3.8) is 0 Å². The minimum atomic E-state index is -0.305. The summed E-state index contributed by atoms with van der Waals surface area (Å²) in [5.41, 5.74) is 7.03. The van der Waals surface area contributed by atoms with Gasteiger partial charge < -0.3 is 9.72 Å². The van der Waals surface area contributed by atoms with Crippen LogP contribution in [0.25, 0.3) is 21.9 Å². The van der Waals surface area contributed by atoms with Crippen molar-refractivity contribution in [2.75, 3.05) is 6.61 Å². The average Bonchev–Trinajstić information content (AvgIpc) is 3.30. The smallest absolute Gasteiger partial charge is 0.141 e. The monoisotopic (exact) mass is 502 g/mol. The molecule has 0 saturated heterocycles. The standard InChI is InChI=1S/C21H19IN4OS/c1-4-27-20(21-24-16-6-5-14(11-23)10-17(16)25-21)18-12(2)9-13(3)19-15(18)7-8-26(19)28-22/h5-10,20H,4H2,1-3H3,(H,24,25).